The standard InChI is InChI=1S/C20H25NO/c1-4-11-21-12-10-16(15-8-6-5-7-9-15)19-17(21)13-20(2,3)14-18(19)22/h5-10,12,16H,4,11,13-14H2,1-3H3. The average Bonchev–Trinajstić information content (AvgIpc) is 2.48. The number of nitrogens with zero attached hydrogens (tertiary/aromatic N) is 1. The molecule has 2 heteroatoms. The number of benzene rings is 1. The largest absolute Gasteiger partial charge is 0.351 e. The lowest BCUT2D eigenvalue weighted by Gasteiger charge is -2.41. The molecule has 1 aliphatic heterocycles. The lowest BCUT2D eigenvalue weighted by atomic mass is 9.70. The summed E-state index contributed by atoms with van der Waals surface area (Å²) in [6, 6.07) is 10.4. The normalized spacial score (nSPS) is 23.7. The highest BCUT2D eigenvalue weighted by Crippen LogP contribution is 2.45. The molecule has 0 radical (unpaired) electrons. The molecule has 116 valence electrons. The smallest absolute Gasteiger partial charge is 0.162 e. The van der Waals surface area contributed by atoms with Crippen molar-refractivity contribution in [2.45, 2.75) is 46.0 Å². The molecule has 0 saturated carbocycles. The summed E-state index contributed by atoms with van der Waals surface area (Å²) in [5, 5.41) is 0. The van der Waals surface area contributed by atoms with Crippen molar-refractivity contribution < 1.29 is 4.79 Å². The van der Waals surface area contributed by atoms with E-state index >= 15 is 0 Å². The van der Waals surface area contributed by atoms with Crippen LogP contribution in [0.5, 0.6) is 0 Å². The van der Waals surface area contributed by atoms with Crippen LogP contribution in [-0.2, 0) is 4.79 Å². The van der Waals surface area contributed by atoms with Crippen LogP contribution < -0.4 is 0 Å². The van der Waals surface area contributed by atoms with Gasteiger partial charge in [0, 0.05) is 36.4 Å². The van der Waals surface area contributed by atoms with Crippen LogP contribution in [0, 0.1) is 5.41 Å². The van der Waals surface area contributed by atoms with Crippen LogP contribution in [0.25, 0.3) is 0 Å². The van der Waals surface area contributed by atoms with Gasteiger partial charge in [-0.1, -0.05) is 57.2 Å². The Bertz CT molecular complexity index is 624. The fourth-order valence-electron chi connectivity index (χ4n) is 3.68. The zero-order valence-corrected chi connectivity index (χ0v) is 13.8. The molecule has 0 bridgehead atoms. The third-order valence-corrected chi connectivity index (χ3v) is 4.64. The van der Waals surface area contributed by atoms with Gasteiger partial charge >= 0.3 is 0 Å². The number of Topliss-reactive ketones (excluding diaryl/α,β-unsaturated/α-hetero) is 1. The monoisotopic (exact) mass is 295 g/mol. The second-order valence-corrected chi connectivity index (χ2v) is 7.22. The van der Waals surface area contributed by atoms with Gasteiger partial charge in [0.25, 0.3) is 0 Å². The van der Waals surface area contributed by atoms with E-state index in [0.29, 0.717) is 12.2 Å². The van der Waals surface area contributed by atoms with Gasteiger partial charge in [0.15, 0.2) is 5.78 Å². The first-order chi connectivity index (χ1) is 10.5. The minimum Gasteiger partial charge on any atom is -0.351 e. The Morgan fingerprint density at radius 1 is 1.18 bits per heavy atom. The van der Waals surface area contributed by atoms with E-state index in [1.165, 1.54) is 11.3 Å². The first-order valence-corrected chi connectivity index (χ1v) is 8.28. The number of hydrogen-bond donors (Lipinski definition) is 0. The minimum atomic E-state index is 0.0638. The van der Waals surface area contributed by atoms with Gasteiger partial charge in [0.05, 0.1) is 0 Å². The number of allylic oxidation sites excluding steroid dienone is 3. The van der Waals surface area contributed by atoms with E-state index in [-0.39, 0.29) is 11.3 Å². The lowest BCUT2D eigenvalue weighted by Crippen LogP contribution is -2.36. The van der Waals surface area contributed by atoms with Gasteiger partial charge in [-0.05, 0) is 23.8 Å². The predicted molar refractivity (Wildman–Crippen MR) is 90.4 cm³/mol. The highest BCUT2D eigenvalue weighted by Gasteiger charge is 2.39. The van der Waals surface area contributed by atoms with Crippen LogP contribution in [0.4, 0.5) is 0 Å². The molecule has 0 fully saturated rings. The summed E-state index contributed by atoms with van der Waals surface area (Å²) in [4.78, 5) is 15.2. The average molecular weight is 295 g/mol. The van der Waals surface area contributed by atoms with E-state index in [9.17, 15) is 4.79 Å². The molecule has 0 aromatic heterocycles. The van der Waals surface area contributed by atoms with Crippen LogP contribution in [0.15, 0.2) is 53.9 Å². The molecule has 1 aromatic carbocycles. The van der Waals surface area contributed by atoms with Crippen LogP contribution in [-0.4, -0.2) is 17.2 Å². The summed E-state index contributed by atoms with van der Waals surface area (Å²) in [5.74, 6) is 0.443. The van der Waals surface area contributed by atoms with Crippen LogP contribution in [0.1, 0.15) is 51.5 Å². The Kier molecular flexibility index (Phi) is 3.94. The molecule has 0 saturated heterocycles. The molecule has 2 nitrogen and oxygen atoms in total. The number of ketones is 1. The molecule has 22 heavy (non-hydrogen) atoms. The molecular formula is C20H25NO. The molecule has 0 spiro atoms. The Morgan fingerprint density at radius 3 is 2.59 bits per heavy atom. The third kappa shape index (κ3) is 2.75. The van der Waals surface area contributed by atoms with Gasteiger partial charge in [-0.2, -0.15) is 0 Å². The van der Waals surface area contributed by atoms with Crippen molar-refractivity contribution in [1.82, 2.24) is 4.90 Å². The summed E-state index contributed by atoms with van der Waals surface area (Å²) in [7, 11) is 0. The highest BCUT2D eigenvalue weighted by molar-refractivity contribution is 5.99. The van der Waals surface area contributed by atoms with Crippen molar-refractivity contribution >= 4 is 5.78 Å². The highest BCUT2D eigenvalue weighted by atomic mass is 16.1. The fraction of sp³-hybridized carbons (Fsp3) is 0.450. The molecule has 2 aliphatic rings. The van der Waals surface area contributed by atoms with Crippen LogP contribution in [0.2, 0.25) is 0 Å². The summed E-state index contributed by atoms with van der Waals surface area (Å²) in [6.07, 6.45) is 7.12. The minimum absolute atomic E-state index is 0.0638. The molecule has 3 rings (SSSR count). The van der Waals surface area contributed by atoms with E-state index in [0.717, 1.165) is 25.0 Å². The zero-order chi connectivity index (χ0) is 15.7. The van der Waals surface area contributed by atoms with Gasteiger partial charge in [-0.3, -0.25) is 4.79 Å². The Balaban J connectivity index is 2.06. The Labute approximate surface area is 133 Å². The molecule has 0 N–H and O–H groups in total. The SMILES string of the molecule is CCCN1C=CC(c2ccccc2)C2=C1CC(C)(C)CC2=O. The zero-order valence-electron chi connectivity index (χ0n) is 13.8. The molecule has 1 aromatic rings. The molecule has 0 amide bonds. The first-order valence-electron chi connectivity index (χ1n) is 8.28. The molecular weight excluding hydrogens is 270 g/mol. The van der Waals surface area contributed by atoms with Crippen LogP contribution in [0.3, 0.4) is 0 Å². The van der Waals surface area contributed by atoms with E-state index < -0.39 is 0 Å². The maximum Gasteiger partial charge on any atom is 0.162 e. The maximum absolute atomic E-state index is 12.9. The maximum atomic E-state index is 12.9. The van der Waals surface area contributed by atoms with Crippen molar-refractivity contribution in [3.05, 3.63) is 59.4 Å². The second-order valence-electron chi connectivity index (χ2n) is 7.22. The lowest BCUT2D eigenvalue weighted by molar-refractivity contribution is -0.118. The number of hydrogen-bond acceptors (Lipinski definition) is 2. The Hall–Kier alpha value is -1.83. The van der Waals surface area contributed by atoms with Gasteiger partial charge in [-0.25, -0.2) is 0 Å². The Morgan fingerprint density at radius 2 is 1.91 bits per heavy atom. The van der Waals surface area contributed by atoms with Crippen molar-refractivity contribution in [1.29, 1.82) is 0 Å². The second kappa shape index (κ2) is 5.75. The van der Waals surface area contributed by atoms with Gasteiger partial charge in [0.2, 0.25) is 0 Å². The predicted octanol–water partition coefficient (Wildman–Crippen LogP) is 4.65. The van der Waals surface area contributed by atoms with Gasteiger partial charge in [-0.15, -0.1) is 0 Å². The molecule has 1 aliphatic carbocycles. The van der Waals surface area contributed by atoms with E-state index in [1.54, 1.807) is 0 Å². The van der Waals surface area contributed by atoms with E-state index in [4.69, 9.17) is 0 Å². The van der Waals surface area contributed by atoms with Crippen molar-refractivity contribution in [2.75, 3.05) is 6.54 Å². The summed E-state index contributed by atoms with van der Waals surface area (Å²) in [5.41, 5.74) is 3.56. The molecule has 1 heterocycles. The first kappa shape index (κ1) is 15.1. The summed E-state index contributed by atoms with van der Waals surface area (Å²) in [6.45, 7) is 7.58. The van der Waals surface area contributed by atoms with Crippen molar-refractivity contribution in [3.8, 4) is 0 Å². The third-order valence-electron chi connectivity index (χ3n) is 4.64. The van der Waals surface area contributed by atoms with Crippen LogP contribution >= 0.6 is 0 Å². The molecule has 1 unspecified atom stereocenters. The van der Waals surface area contributed by atoms with Crippen molar-refractivity contribution in [3.63, 3.8) is 0 Å². The number of carbonyl (C=O) groups excluding carboxylic acids is 1. The van der Waals surface area contributed by atoms with Gasteiger partial charge < -0.3 is 4.90 Å². The fourth-order valence-corrected chi connectivity index (χ4v) is 3.68. The summed E-state index contributed by atoms with van der Waals surface area (Å²) >= 11 is 0. The van der Waals surface area contributed by atoms with Crippen molar-refractivity contribution in [2.24, 2.45) is 5.41 Å². The summed E-state index contributed by atoms with van der Waals surface area (Å²) < 4.78 is 0. The van der Waals surface area contributed by atoms with E-state index in [2.05, 4.69) is 62.2 Å². The quantitative estimate of drug-likeness (QED) is 0.809. The molecule has 1 atom stereocenters. The van der Waals surface area contributed by atoms with Gasteiger partial charge in [0.1, 0.15) is 0 Å². The topological polar surface area (TPSA) is 20.3 Å². The number of rotatable bonds is 3. The van der Waals surface area contributed by atoms with E-state index in [1.807, 2.05) is 6.07 Å². The number of carbonyl (C=O) groups is 1.